The number of halogens is 1. The highest BCUT2D eigenvalue weighted by atomic mass is 19.1. The van der Waals surface area contributed by atoms with Crippen LogP contribution in [0.15, 0.2) is 30.9 Å². The van der Waals surface area contributed by atoms with Crippen LogP contribution in [-0.4, -0.2) is 39.1 Å². The van der Waals surface area contributed by atoms with Gasteiger partial charge in [0.2, 0.25) is 0 Å². The quantitative estimate of drug-likeness (QED) is 0.919. The molecule has 2 amide bonds. The Hall–Kier alpha value is -2.44. The van der Waals surface area contributed by atoms with Crippen LogP contribution < -0.4 is 5.32 Å². The van der Waals surface area contributed by atoms with E-state index in [4.69, 9.17) is 0 Å². The molecule has 0 spiro atoms. The van der Waals surface area contributed by atoms with Gasteiger partial charge in [-0.1, -0.05) is 0 Å². The fourth-order valence-corrected chi connectivity index (χ4v) is 1.91. The first-order chi connectivity index (χ1) is 10.1. The van der Waals surface area contributed by atoms with E-state index >= 15 is 0 Å². The lowest BCUT2D eigenvalue weighted by molar-refractivity contribution is 0.221. The van der Waals surface area contributed by atoms with Crippen molar-refractivity contribution in [1.82, 2.24) is 19.4 Å². The molecule has 0 aliphatic rings. The summed E-state index contributed by atoms with van der Waals surface area (Å²) in [5, 5.41) is 2.52. The van der Waals surface area contributed by atoms with Crippen LogP contribution in [0, 0.1) is 12.7 Å². The van der Waals surface area contributed by atoms with E-state index in [0.717, 1.165) is 25.0 Å². The second-order valence-electron chi connectivity index (χ2n) is 4.73. The van der Waals surface area contributed by atoms with Crippen molar-refractivity contribution in [2.24, 2.45) is 0 Å². The number of amides is 2. The monoisotopic (exact) mass is 291 g/mol. The Morgan fingerprint density at radius 3 is 2.95 bits per heavy atom. The van der Waals surface area contributed by atoms with E-state index in [0.29, 0.717) is 6.54 Å². The SMILES string of the molecule is Cc1nccn1CCCN(C)C(=O)Nc1ccncc1F. The predicted molar refractivity (Wildman–Crippen MR) is 77.4 cm³/mol. The first-order valence-electron chi connectivity index (χ1n) is 6.67. The molecule has 2 heterocycles. The maximum Gasteiger partial charge on any atom is 0.321 e. The Morgan fingerprint density at radius 2 is 2.29 bits per heavy atom. The van der Waals surface area contributed by atoms with E-state index < -0.39 is 5.82 Å². The summed E-state index contributed by atoms with van der Waals surface area (Å²) < 4.78 is 15.4. The highest BCUT2D eigenvalue weighted by Gasteiger charge is 2.11. The van der Waals surface area contributed by atoms with Gasteiger partial charge >= 0.3 is 6.03 Å². The fraction of sp³-hybridized carbons (Fsp3) is 0.357. The van der Waals surface area contributed by atoms with E-state index in [9.17, 15) is 9.18 Å². The summed E-state index contributed by atoms with van der Waals surface area (Å²) in [5.74, 6) is 0.397. The van der Waals surface area contributed by atoms with E-state index in [2.05, 4.69) is 15.3 Å². The highest BCUT2D eigenvalue weighted by molar-refractivity contribution is 5.89. The summed E-state index contributed by atoms with van der Waals surface area (Å²) in [7, 11) is 1.68. The molecule has 2 rings (SSSR count). The number of aromatic nitrogens is 3. The van der Waals surface area contributed by atoms with Crippen LogP contribution in [0.4, 0.5) is 14.9 Å². The van der Waals surface area contributed by atoms with Crippen molar-refractivity contribution >= 4 is 11.7 Å². The van der Waals surface area contributed by atoms with Gasteiger partial charge in [0.15, 0.2) is 5.82 Å². The standard InChI is InChI=1S/C14H18FN5O/c1-11-17-6-9-20(11)8-3-7-19(2)14(21)18-13-4-5-16-10-12(13)15/h4-6,9-10H,3,7-8H2,1-2H3,(H,16,18,21). The number of rotatable bonds is 5. The Labute approximate surface area is 122 Å². The highest BCUT2D eigenvalue weighted by Crippen LogP contribution is 2.11. The van der Waals surface area contributed by atoms with E-state index in [1.54, 1.807) is 13.2 Å². The number of anilines is 1. The van der Waals surface area contributed by atoms with Crippen LogP contribution in [0.1, 0.15) is 12.2 Å². The van der Waals surface area contributed by atoms with Crippen LogP contribution in [0.5, 0.6) is 0 Å². The molecule has 112 valence electrons. The molecule has 0 radical (unpaired) electrons. The average Bonchev–Trinajstić information content (AvgIpc) is 2.87. The largest absolute Gasteiger partial charge is 0.335 e. The minimum Gasteiger partial charge on any atom is -0.335 e. The molecule has 0 atom stereocenters. The summed E-state index contributed by atoms with van der Waals surface area (Å²) >= 11 is 0. The van der Waals surface area contributed by atoms with Gasteiger partial charge in [0.1, 0.15) is 5.82 Å². The summed E-state index contributed by atoms with van der Waals surface area (Å²) in [6, 6.07) is 1.08. The number of imidazole rings is 1. The van der Waals surface area contributed by atoms with Crippen molar-refractivity contribution in [3.63, 3.8) is 0 Å². The van der Waals surface area contributed by atoms with Crippen molar-refractivity contribution in [3.05, 3.63) is 42.5 Å². The molecule has 0 fully saturated rings. The summed E-state index contributed by atoms with van der Waals surface area (Å²) in [5.41, 5.74) is 0.132. The van der Waals surface area contributed by atoms with Gasteiger partial charge in [-0.25, -0.2) is 14.2 Å². The molecule has 0 aromatic carbocycles. The van der Waals surface area contributed by atoms with Gasteiger partial charge in [-0.15, -0.1) is 0 Å². The first-order valence-corrected chi connectivity index (χ1v) is 6.67. The predicted octanol–water partition coefficient (Wildman–Crippen LogP) is 2.28. The number of hydrogen-bond donors (Lipinski definition) is 1. The minimum absolute atomic E-state index is 0.132. The average molecular weight is 291 g/mol. The van der Waals surface area contributed by atoms with Gasteiger partial charge in [-0.05, 0) is 19.4 Å². The van der Waals surface area contributed by atoms with Crippen LogP contribution >= 0.6 is 0 Å². The molecule has 6 nitrogen and oxygen atoms in total. The van der Waals surface area contributed by atoms with Crippen LogP contribution in [0.2, 0.25) is 0 Å². The lowest BCUT2D eigenvalue weighted by Crippen LogP contribution is -2.32. The smallest absolute Gasteiger partial charge is 0.321 e. The van der Waals surface area contributed by atoms with Gasteiger partial charge in [0.25, 0.3) is 0 Å². The number of nitrogens with one attached hydrogen (secondary N) is 1. The first kappa shape index (κ1) is 15.0. The molecule has 0 unspecified atom stereocenters. The summed E-state index contributed by atoms with van der Waals surface area (Å²) in [6.45, 7) is 3.28. The zero-order chi connectivity index (χ0) is 15.2. The molecule has 0 saturated carbocycles. The van der Waals surface area contributed by atoms with Crippen molar-refractivity contribution in [1.29, 1.82) is 0 Å². The third-order valence-electron chi connectivity index (χ3n) is 3.18. The van der Waals surface area contributed by atoms with Crippen molar-refractivity contribution in [3.8, 4) is 0 Å². The number of carbonyl (C=O) groups is 1. The Morgan fingerprint density at radius 1 is 1.48 bits per heavy atom. The number of carbonyl (C=O) groups excluding carboxylic acids is 1. The molecule has 0 aliphatic carbocycles. The Balaban J connectivity index is 1.80. The molecule has 0 saturated heterocycles. The number of nitrogens with zero attached hydrogens (tertiary/aromatic N) is 4. The summed E-state index contributed by atoms with van der Waals surface area (Å²) in [4.78, 5) is 21.2. The molecule has 0 bridgehead atoms. The van der Waals surface area contributed by atoms with Gasteiger partial charge in [0, 0.05) is 38.7 Å². The minimum atomic E-state index is -0.548. The van der Waals surface area contributed by atoms with E-state index in [-0.39, 0.29) is 11.7 Å². The van der Waals surface area contributed by atoms with Crippen molar-refractivity contribution in [2.75, 3.05) is 18.9 Å². The van der Waals surface area contributed by atoms with Crippen LogP contribution in [0.25, 0.3) is 0 Å². The van der Waals surface area contributed by atoms with Crippen molar-refractivity contribution < 1.29 is 9.18 Å². The second kappa shape index (κ2) is 6.83. The van der Waals surface area contributed by atoms with E-state index in [1.807, 2.05) is 17.7 Å². The third-order valence-corrected chi connectivity index (χ3v) is 3.18. The zero-order valence-corrected chi connectivity index (χ0v) is 12.1. The number of aryl methyl sites for hydroxylation is 2. The maximum atomic E-state index is 13.4. The fourth-order valence-electron chi connectivity index (χ4n) is 1.91. The number of urea groups is 1. The second-order valence-corrected chi connectivity index (χ2v) is 4.73. The summed E-state index contributed by atoms with van der Waals surface area (Å²) in [6.07, 6.45) is 6.94. The zero-order valence-electron chi connectivity index (χ0n) is 12.1. The van der Waals surface area contributed by atoms with Crippen LogP contribution in [0.3, 0.4) is 0 Å². The Kier molecular flexibility index (Phi) is 4.86. The third kappa shape index (κ3) is 4.01. The Bertz CT molecular complexity index is 613. The molecule has 7 heteroatoms. The molecule has 0 aliphatic heterocycles. The van der Waals surface area contributed by atoms with Gasteiger partial charge in [-0.3, -0.25) is 4.98 Å². The van der Waals surface area contributed by atoms with Gasteiger partial charge < -0.3 is 14.8 Å². The maximum absolute atomic E-state index is 13.4. The van der Waals surface area contributed by atoms with E-state index in [1.165, 1.54) is 17.2 Å². The molecule has 2 aromatic heterocycles. The van der Waals surface area contributed by atoms with Gasteiger partial charge in [-0.2, -0.15) is 0 Å². The number of pyridine rings is 1. The van der Waals surface area contributed by atoms with Crippen molar-refractivity contribution in [2.45, 2.75) is 19.9 Å². The molecule has 1 N–H and O–H groups in total. The topological polar surface area (TPSA) is 63.1 Å². The number of hydrogen-bond acceptors (Lipinski definition) is 3. The van der Waals surface area contributed by atoms with Gasteiger partial charge in [0.05, 0.1) is 11.9 Å². The lowest BCUT2D eigenvalue weighted by Gasteiger charge is -2.18. The molecule has 2 aromatic rings. The van der Waals surface area contributed by atoms with Crippen LogP contribution in [-0.2, 0) is 6.54 Å². The molecular weight excluding hydrogens is 273 g/mol. The normalized spacial score (nSPS) is 10.4. The lowest BCUT2D eigenvalue weighted by atomic mass is 10.3. The molecule has 21 heavy (non-hydrogen) atoms. The molecular formula is C14H18FN5O.